The molecule has 7 heteroatoms. The summed E-state index contributed by atoms with van der Waals surface area (Å²) in [5, 5.41) is 14.7. The van der Waals surface area contributed by atoms with Gasteiger partial charge in [0.15, 0.2) is 0 Å². The zero-order chi connectivity index (χ0) is 15.4. The molecule has 0 unspecified atom stereocenters. The fourth-order valence-corrected chi connectivity index (χ4v) is 3.32. The minimum atomic E-state index is -0.435. The van der Waals surface area contributed by atoms with Gasteiger partial charge in [-0.25, -0.2) is 4.98 Å². The van der Waals surface area contributed by atoms with Crippen LogP contribution in [0.25, 0.3) is 0 Å². The van der Waals surface area contributed by atoms with Crippen LogP contribution in [0.15, 0.2) is 6.33 Å². The summed E-state index contributed by atoms with van der Waals surface area (Å²) in [7, 11) is 0. The summed E-state index contributed by atoms with van der Waals surface area (Å²) >= 11 is 0. The highest BCUT2D eigenvalue weighted by molar-refractivity contribution is 5.61. The molecule has 1 N–H and O–H groups in total. The Morgan fingerprint density at radius 1 is 1.09 bits per heavy atom. The highest BCUT2D eigenvalue weighted by atomic mass is 16.6. The van der Waals surface area contributed by atoms with Crippen LogP contribution in [0.3, 0.4) is 0 Å². The van der Waals surface area contributed by atoms with Gasteiger partial charge in [-0.1, -0.05) is 19.3 Å². The lowest BCUT2D eigenvalue weighted by atomic mass is 9.98. The van der Waals surface area contributed by atoms with E-state index in [0.717, 1.165) is 51.4 Å². The van der Waals surface area contributed by atoms with E-state index < -0.39 is 4.92 Å². The van der Waals surface area contributed by atoms with Crippen LogP contribution in [0.5, 0.6) is 5.88 Å². The molecule has 2 aliphatic carbocycles. The first-order valence-electron chi connectivity index (χ1n) is 8.16. The molecule has 0 saturated heterocycles. The average Bonchev–Trinajstić information content (AvgIpc) is 3.01. The lowest BCUT2D eigenvalue weighted by molar-refractivity contribution is -0.385. The van der Waals surface area contributed by atoms with Crippen molar-refractivity contribution in [3.05, 3.63) is 16.4 Å². The van der Waals surface area contributed by atoms with E-state index in [0.29, 0.717) is 0 Å². The molecule has 1 aromatic rings. The summed E-state index contributed by atoms with van der Waals surface area (Å²) in [4.78, 5) is 19.1. The van der Waals surface area contributed by atoms with Gasteiger partial charge < -0.3 is 10.1 Å². The molecule has 2 saturated carbocycles. The molecule has 0 atom stereocenters. The smallest absolute Gasteiger partial charge is 0.372 e. The van der Waals surface area contributed by atoms with Crippen LogP contribution in [-0.4, -0.2) is 27.0 Å². The second-order valence-electron chi connectivity index (χ2n) is 6.14. The molecule has 0 bridgehead atoms. The van der Waals surface area contributed by atoms with Crippen molar-refractivity contribution in [3.8, 4) is 5.88 Å². The standard InChI is InChI=1S/C15H22N4O3/c20-19(21)13-14(18-11-6-4-5-7-11)16-10-17-15(13)22-12-8-2-1-3-9-12/h10-12H,1-9H2,(H,16,17,18). The molecule has 2 aliphatic rings. The van der Waals surface area contributed by atoms with E-state index >= 15 is 0 Å². The van der Waals surface area contributed by atoms with Gasteiger partial charge in [-0.2, -0.15) is 4.98 Å². The van der Waals surface area contributed by atoms with Crippen LogP contribution in [0, 0.1) is 10.1 Å². The molecular formula is C15H22N4O3. The van der Waals surface area contributed by atoms with Crippen molar-refractivity contribution in [3.63, 3.8) is 0 Å². The van der Waals surface area contributed by atoms with Crippen LogP contribution in [0.2, 0.25) is 0 Å². The number of nitrogens with zero attached hydrogens (tertiary/aromatic N) is 3. The maximum atomic E-state index is 11.5. The fourth-order valence-electron chi connectivity index (χ4n) is 3.32. The first-order chi connectivity index (χ1) is 10.7. The molecule has 0 radical (unpaired) electrons. The van der Waals surface area contributed by atoms with E-state index in [9.17, 15) is 10.1 Å². The topological polar surface area (TPSA) is 90.2 Å². The van der Waals surface area contributed by atoms with E-state index in [1.807, 2.05) is 0 Å². The molecular weight excluding hydrogens is 284 g/mol. The van der Waals surface area contributed by atoms with Crippen LogP contribution in [0.1, 0.15) is 57.8 Å². The summed E-state index contributed by atoms with van der Waals surface area (Å²) in [6.45, 7) is 0. The number of anilines is 1. The first-order valence-corrected chi connectivity index (χ1v) is 8.16. The number of ether oxygens (including phenoxy) is 1. The third kappa shape index (κ3) is 3.45. The van der Waals surface area contributed by atoms with Gasteiger partial charge in [0, 0.05) is 6.04 Å². The van der Waals surface area contributed by atoms with Crippen molar-refractivity contribution in [2.45, 2.75) is 69.9 Å². The highest BCUT2D eigenvalue weighted by Gasteiger charge is 2.29. The second kappa shape index (κ2) is 6.89. The van der Waals surface area contributed by atoms with Crippen LogP contribution in [0.4, 0.5) is 11.5 Å². The highest BCUT2D eigenvalue weighted by Crippen LogP contribution is 2.35. The Kier molecular flexibility index (Phi) is 4.70. The Morgan fingerprint density at radius 3 is 2.45 bits per heavy atom. The number of hydrogen-bond donors (Lipinski definition) is 1. The molecule has 120 valence electrons. The van der Waals surface area contributed by atoms with E-state index in [1.54, 1.807) is 0 Å². The van der Waals surface area contributed by atoms with Gasteiger partial charge in [0.2, 0.25) is 5.82 Å². The summed E-state index contributed by atoms with van der Waals surface area (Å²) in [5.41, 5.74) is -0.125. The van der Waals surface area contributed by atoms with E-state index in [2.05, 4.69) is 15.3 Å². The van der Waals surface area contributed by atoms with Gasteiger partial charge in [0.1, 0.15) is 12.4 Å². The number of nitro groups is 1. The van der Waals surface area contributed by atoms with E-state index in [-0.39, 0.29) is 29.5 Å². The second-order valence-corrected chi connectivity index (χ2v) is 6.14. The quantitative estimate of drug-likeness (QED) is 0.662. The molecule has 0 spiro atoms. The van der Waals surface area contributed by atoms with Crippen molar-refractivity contribution in [1.82, 2.24) is 9.97 Å². The average molecular weight is 306 g/mol. The maximum Gasteiger partial charge on any atom is 0.372 e. The van der Waals surface area contributed by atoms with Crippen molar-refractivity contribution in [2.24, 2.45) is 0 Å². The minimum Gasteiger partial charge on any atom is -0.469 e. The number of nitrogens with one attached hydrogen (secondary N) is 1. The fraction of sp³-hybridized carbons (Fsp3) is 0.733. The Morgan fingerprint density at radius 2 is 1.77 bits per heavy atom. The van der Waals surface area contributed by atoms with Crippen LogP contribution < -0.4 is 10.1 Å². The molecule has 0 amide bonds. The summed E-state index contributed by atoms with van der Waals surface area (Å²) in [5.74, 6) is 0.394. The van der Waals surface area contributed by atoms with Gasteiger partial charge >= 0.3 is 5.69 Å². The van der Waals surface area contributed by atoms with Crippen molar-refractivity contribution in [2.75, 3.05) is 5.32 Å². The van der Waals surface area contributed by atoms with Gasteiger partial charge in [-0.15, -0.1) is 0 Å². The number of rotatable bonds is 5. The SMILES string of the molecule is O=[N+]([O-])c1c(NC2CCCC2)ncnc1OC1CCCCC1. The maximum absolute atomic E-state index is 11.5. The Labute approximate surface area is 129 Å². The summed E-state index contributed by atoms with van der Waals surface area (Å²) in [6, 6.07) is 0.260. The number of aromatic nitrogens is 2. The Bertz CT molecular complexity index is 526. The third-order valence-electron chi connectivity index (χ3n) is 4.50. The molecule has 0 aliphatic heterocycles. The van der Waals surface area contributed by atoms with Crippen LogP contribution >= 0.6 is 0 Å². The van der Waals surface area contributed by atoms with E-state index in [4.69, 9.17) is 4.74 Å². The van der Waals surface area contributed by atoms with Crippen molar-refractivity contribution in [1.29, 1.82) is 0 Å². The van der Waals surface area contributed by atoms with Gasteiger partial charge in [0.25, 0.3) is 5.88 Å². The molecule has 1 aromatic heterocycles. The normalized spacial score (nSPS) is 20.0. The molecule has 3 rings (SSSR count). The lowest BCUT2D eigenvalue weighted by Gasteiger charge is -2.22. The van der Waals surface area contributed by atoms with Gasteiger partial charge in [-0.3, -0.25) is 10.1 Å². The van der Waals surface area contributed by atoms with E-state index in [1.165, 1.54) is 12.7 Å². The lowest BCUT2D eigenvalue weighted by Crippen LogP contribution is -2.22. The Hall–Kier alpha value is -1.92. The summed E-state index contributed by atoms with van der Waals surface area (Å²) in [6.07, 6.45) is 11.0. The molecule has 2 fully saturated rings. The first kappa shape index (κ1) is 15.0. The van der Waals surface area contributed by atoms with Crippen molar-refractivity contribution >= 4 is 11.5 Å². The van der Waals surface area contributed by atoms with Gasteiger partial charge in [-0.05, 0) is 38.5 Å². The number of hydrogen-bond acceptors (Lipinski definition) is 6. The Balaban J connectivity index is 1.80. The summed E-state index contributed by atoms with van der Waals surface area (Å²) < 4.78 is 5.82. The van der Waals surface area contributed by atoms with Crippen molar-refractivity contribution < 1.29 is 9.66 Å². The molecule has 22 heavy (non-hydrogen) atoms. The van der Waals surface area contributed by atoms with Crippen LogP contribution in [-0.2, 0) is 0 Å². The molecule has 1 heterocycles. The third-order valence-corrected chi connectivity index (χ3v) is 4.50. The predicted molar refractivity (Wildman–Crippen MR) is 82.1 cm³/mol. The molecule has 7 nitrogen and oxygen atoms in total. The zero-order valence-corrected chi connectivity index (χ0v) is 12.7. The molecule has 0 aromatic carbocycles. The largest absolute Gasteiger partial charge is 0.469 e. The minimum absolute atomic E-state index is 0.0293. The van der Waals surface area contributed by atoms with Gasteiger partial charge in [0.05, 0.1) is 4.92 Å². The monoisotopic (exact) mass is 306 g/mol. The predicted octanol–water partition coefficient (Wildman–Crippen LogP) is 3.45. The zero-order valence-electron chi connectivity index (χ0n) is 12.7.